The Morgan fingerprint density at radius 1 is 1.62 bits per heavy atom. The van der Waals surface area contributed by atoms with Crippen LogP contribution in [0.15, 0.2) is 18.2 Å². The highest BCUT2D eigenvalue weighted by Gasteiger charge is 2.01. The van der Waals surface area contributed by atoms with E-state index >= 15 is 0 Å². The van der Waals surface area contributed by atoms with Gasteiger partial charge < -0.3 is 15.8 Å². The van der Waals surface area contributed by atoms with Crippen LogP contribution in [0.5, 0.6) is 5.75 Å². The number of halogens is 1. The molecule has 0 aliphatic carbocycles. The van der Waals surface area contributed by atoms with Crippen LogP contribution in [0, 0.1) is 0 Å². The molecule has 13 heavy (non-hydrogen) atoms. The van der Waals surface area contributed by atoms with E-state index in [4.69, 9.17) is 22.1 Å². The summed E-state index contributed by atoms with van der Waals surface area (Å²) in [7, 11) is 1.58. The SMILES string of the molecule is COc1ccc(NC(N)=S)c(Cl)c1. The average molecular weight is 217 g/mol. The highest BCUT2D eigenvalue weighted by atomic mass is 35.5. The van der Waals surface area contributed by atoms with Gasteiger partial charge in [0.05, 0.1) is 17.8 Å². The molecule has 0 saturated heterocycles. The standard InChI is InChI=1S/C8H9ClN2OS/c1-12-5-2-3-7(6(9)4-5)11-8(10)13/h2-4H,1H3,(H3,10,11,13). The molecule has 70 valence electrons. The van der Waals surface area contributed by atoms with Crippen LogP contribution in [0.1, 0.15) is 0 Å². The second-order valence-electron chi connectivity index (χ2n) is 2.34. The molecule has 0 aliphatic heterocycles. The van der Waals surface area contributed by atoms with Gasteiger partial charge >= 0.3 is 0 Å². The summed E-state index contributed by atoms with van der Waals surface area (Å²) in [4.78, 5) is 0. The molecule has 0 amide bonds. The fraction of sp³-hybridized carbons (Fsp3) is 0.125. The number of benzene rings is 1. The molecule has 0 radical (unpaired) electrons. The fourth-order valence-corrected chi connectivity index (χ4v) is 1.18. The molecule has 0 bridgehead atoms. The third-order valence-corrected chi connectivity index (χ3v) is 1.85. The molecule has 1 rings (SSSR count). The minimum absolute atomic E-state index is 0.187. The summed E-state index contributed by atoms with van der Waals surface area (Å²) in [6, 6.07) is 5.20. The number of nitrogens with one attached hydrogen (secondary N) is 1. The first-order valence-electron chi connectivity index (χ1n) is 3.53. The predicted octanol–water partition coefficient (Wildman–Crippen LogP) is 2.00. The van der Waals surface area contributed by atoms with Crippen LogP contribution >= 0.6 is 23.8 Å². The van der Waals surface area contributed by atoms with Crippen molar-refractivity contribution in [2.75, 3.05) is 12.4 Å². The Morgan fingerprint density at radius 3 is 2.77 bits per heavy atom. The van der Waals surface area contributed by atoms with Crippen LogP contribution in [-0.2, 0) is 0 Å². The number of rotatable bonds is 2. The van der Waals surface area contributed by atoms with Gasteiger partial charge in [-0.15, -0.1) is 0 Å². The molecular formula is C8H9ClN2OS. The van der Waals surface area contributed by atoms with Crippen LogP contribution in [0.4, 0.5) is 5.69 Å². The van der Waals surface area contributed by atoms with Crippen LogP contribution in [0.25, 0.3) is 0 Å². The number of hydrogen-bond donors (Lipinski definition) is 2. The third-order valence-electron chi connectivity index (χ3n) is 1.43. The van der Waals surface area contributed by atoms with E-state index < -0.39 is 0 Å². The maximum absolute atomic E-state index is 5.89. The topological polar surface area (TPSA) is 47.3 Å². The Labute approximate surface area is 86.8 Å². The molecule has 0 aromatic heterocycles. The smallest absolute Gasteiger partial charge is 0.168 e. The average Bonchev–Trinajstić information content (AvgIpc) is 2.08. The van der Waals surface area contributed by atoms with Gasteiger partial charge in [-0.1, -0.05) is 11.6 Å². The second kappa shape index (κ2) is 4.30. The van der Waals surface area contributed by atoms with E-state index in [0.29, 0.717) is 16.5 Å². The zero-order valence-electron chi connectivity index (χ0n) is 7.00. The Bertz CT molecular complexity index is 330. The molecule has 5 heteroatoms. The first kappa shape index (κ1) is 10.1. The summed E-state index contributed by atoms with van der Waals surface area (Å²) < 4.78 is 4.98. The van der Waals surface area contributed by atoms with E-state index in [-0.39, 0.29) is 5.11 Å². The van der Waals surface area contributed by atoms with Crippen LogP contribution in [-0.4, -0.2) is 12.2 Å². The van der Waals surface area contributed by atoms with Crippen LogP contribution in [0.3, 0.4) is 0 Å². The quantitative estimate of drug-likeness (QED) is 0.743. The van der Waals surface area contributed by atoms with Crippen molar-refractivity contribution in [2.24, 2.45) is 5.73 Å². The van der Waals surface area contributed by atoms with Gasteiger partial charge in [0.2, 0.25) is 0 Å². The summed E-state index contributed by atoms with van der Waals surface area (Å²) in [5.74, 6) is 0.693. The summed E-state index contributed by atoms with van der Waals surface area (Å²) in [5, 5.41) is 3.45. The van der Waals surface area contributed by atoms with Crippen molar-refractivity contribution in [2.45, 2.75) is 0 Å². The van der Waals surface area contributed by atoms with Crippen molar-refractivity contribution in [1.82, 2.24) is 0 Å². The molecule has 0 fully saturated rings. The summed E-state index contributed by atoms with van der Waals surface area (Å²) in [6.45, 7) is 0. The van der Waals surface area contributed by atoms with Gasteiger partial charge in [-0.3, -0.25) is 0 Å². The van der Waals surface area contributed by atoms with E-state index in [1.807, 2.05) is 0 Å². The second-order valence-corrected chi connectivity index (χ2v) is 3.18. The van der Waals surface area contributed by atoms with Gasteiger partial charge in [0.1, 0.15) is 5.75 Å². The molecule has 3 N–H and O–H groups in total. The minimum atomic E-state index is 0.187. The number of methoxy groups -OCH3 is 1. The van der Waals surface area contributed by atoms with Crippen molar-refractivity contribution >= 4 is 34.6 Å². The van der Waals surface area contributed by atoms with Gasteiger partial charge in [0, 0.05) is 6.07 Å². The number of thiocarbonyl (C=S) groups is 1. The van der Waals surface area contributed by atoms with E-state index in [1.54, 1.807) is 25.3 Å². The fourth-order valence-electron chi connectivity index (χ4n) is 0.857. The molecule has 0 aliphatic rings. The zero-order chi connectivity index (χ0) is 9.84. The van der Waals surface area contributed by atoms with E-state index in [2.05, 4.69) is 17.5 Å². The highest BCUT2D eigenvalue weighted by molar-refractivity contribution is 7.80. The van der Waals surface area contributed by atoms with E-state index in [9.17, 15) is 0 Å². The van der Waals surface area contributed by atoms with Crippen molar-refractivity contribution in [3.05, 3.63) is 23.2 Å². The van der Waals surface area contributed by atoms with E-state index in [0.717, 1.165) is 0 Å². The maximum Gasteiger partial charge on any atom is 0.168 e. The monoisotopic (exact) mass is 216 g/mol. The molecule has 0 unspecified atom stereocenters. The number of ether oxygens (including phenoxy) is 1. The first-order valence-corrected chi connectivity index (χ1v) is 4.32. The molecule has 1 aromatic rings. The Kier molecular flexibility index (Phi) is 3.33. The van der Waals surface area contributed by atoms with Crippen LogP contribution in [0.2, 0.25) is 5.02 Å². The molecule has 0 saturated carbocycles. The lowest BCUT2D eigenvalue weighted by Crippen LogP contribution is -2.19. The number of nitrogens with two attached hydrogens (primary N) is 1. The van der Waals surface area contributed by atoms with Gasteiger partial charge in [0.25, 0.3) is 0 Å². The first-order chi connectivity index (χ1) is 6.13. The Balaban J connectivity index is 2.91. The lowest BCUT2D eigenvalue weighted by atomic mass is 10.3. The number of hydrogen-bond acceptors (Lipinski definition) is 2. The third kappa shape index (κ3) is 2.75. The van der Waals surface area contributed by atoms with Gasteiger partial charge in [-0.05, 0) is 24.4 Å². The van der Waals surface area contributed by atoms with Gasteiger partial charge in [-0.25, -0.2) is 0 Å². The van der Waals surface area contributed by atoms with Crippen molar-refractivity contribution < 1.29 is 4.74 Å². The lowest BCUT2D eigenvalue weighted by molar-refractivity contribution is 0.415. The predicted molar refractivity (Wildman–Crippen MR) is 58.4 cm³/mol. The van der Waals surface area contributed by atoms with Crippen molar-refractivity contribution in [1.29, 1.82) is 0 Å². The highest BCUT2D eigenvalue weighted by Crippen LogP contribution is 2.26. The lowest BCUT2D eigenvalue weighted by Gasteiger charge is -2.07. The molecule has 0 spiro atoms. The minimum Gasteiger partial charge on any atom is -0.497 e. The molecule has 3 nitrogen and oxygen atoms in total. The zero-order valence-corrected chi connectivity index (χ0v) is 8.58. The Morgan fingerprint density at radius 2 is 2.31 bits per heavy atom. The summed E-state index contributed by atoms with van der Waals surface area (Å²) in [6.07, 6.45) is 0. The summed E-state index contributed by atoms with van der Waals surface area (Å²) >= 11 is 10.6. The molecular weight excluding hydrogens is 208 g/mol. The maximum atomic E-state index is 5.89. The van der Waals surface area contributed by atoms with Crippen molar-refractivity contribution in [3.8, 4) is 5.75 Å². The normalized spacial score (nSPS) is 9.38. The largest absolute Gasteiger partial charge is 0.497 e. The van der Waals surface area contributed by atoms with Gasteiger partial charge in [0.15, 0.2) is 5.11 Å². The van der Waals surface area contributed by atoms with E-state index in [1.165, 1.54) is 0 Å². The molecule has 0 heterocycles. The van der Waals surface area contributed by atoms with Gasteiger partial charge in [-0.2, -0.15) is 0 Å². The number of anilines is 1. The van der Waals surface area contributed by atoms with Crippen molar-refractivity contribution in [3.63, 3.8) is 0 Å². The Hall–Kier alpha value is -1.00. The molecule has 0 atom stereocenters. The van der Waals surface area contributed by atoms with Crippen LogP contribution < -0.4 is 15.8 Å². The summed E-state index contributed by atoms with van der Waals surface area (Å²) in [5.41, 5.74) is 5.97. The molecule has 1 aromatic carbocycles.